The van der Waals surface area contributed by atoms with Crippen LogP contribution in [0.1, 0.15) is 35.6 Å². The van der Waals surface area contributed by atoms with Crippen molar-refractivity contribution >= 4 is 16.9 Å². The molecule has 4 rings (SSSR count). The van der Waals surface area contributed by atoms with Crippen molar-refractivity contribution in [3.05, 3.63) is 57.5 Å². The Labute approximate surface area is 156 Å². The third-order valence-corrected chi connectivity index (χ3v) is 5.10. The van der Waals surface area contributed by atoms with Crippen LogP contribution < -0.4 is 11.0 Å². The van der Waals surface area contributed by atoms with E-state index >= 15 is 0 Å². The summed E-state index contributed by atoms with van der Waals surface area (Å²) in [5, 5.41) is 2.90. The van der Waals surface area contributed by atoms with Gasteiger partial charge in [0.1, 0.15) is 5.82 Å². The smallest absolute Gasteiger partial charge is 0.326 e. The van der Waals surface area contributed by atoms with E-state index in [4.69, 9.17) is 0 Å². The van der Waals surface area contributed by atoms with Crippen molar-refractivity contribution in [1.29, 1.82) is 0 Å². The molecule has 2 N–H and O–H groups in total. The number of imidazole rings is 1. The second kappa shape index (κ2) is 7.34. The third-order valence-electron chi connectivity index (χ3n) is 5.10. The molecule has 3 aromatic rings. The van der Waals surface area contributed by atoms with Gasteiger partial charge in [-0.1, -0.05) is 12.1 Å². The molecule has 1 aliphatic carbocycles. The van der Waals surface area contributed by atoms with E-state index in [-0.39, 0.29) is 18.0 Å². The molecular formula is C20H23N5O2. The molecule has 1 aliphatic rings. The van der Waals surface area contributed by atoms with Crippen LogP contribution in [0.15, 0.2) is 29.1 Å². The van der Waals surface area contributed by atoms with Crippen LogP contribution in [-0.4, -0.2) is 32.0 Å². The van der Waals surface area contributed by atoms with Crippen molar-refractivity contribution in [2.45, 2.75) is 45.6 Å². The normalized spacial score (nSPS) is 13.1. The maximum absolute atomic E-state index is 12.2. The zero-order chi connectivity index (χ0) is 18.8. The molecular weight excluding hydrogens is 342 g/mol. The van der Waals surface area contributed by atoms with Crippen molar-refractivity contribution in [2.24, 2.45) is 0 Å². The highest BCUT2D eigenvalue weighted by molar-refractivity contribution is 5.77. The minimum atomic E-state index is -0.189. The number of carbonyl (C=O) groups is 1. The summed E-state index contributed by atoms with van der Waals surface area (Å²) < 4.78 is 1.60. The van der Waals surface area contributed by atoms with Crippen LogP contribution in [0.25, 0.3) is 11.0 Å². The maximum Gasteiger partial charge on any atom is 0.326 e. The van der Waals surface area contributed by atoms with Gasteiger partial charge in [-0.2, -0.15) is 0 Å². The first kappa shape index (κ1) is 17.5. The summed E-state index contributed by atoms with van der Waals surface area (Å²) in [7, 11) is 0. The average Bonchev–Trinajstić information content (AvgIpc) is 3.24. The number of hydrogen-bond acceptors (Lipinski definition) is 4. The lowest BCUT2D eigenvalue weighted by atomic mass is 10.2. The fourth-order valence-corrected chi connectivity index (χ4v) is 3.74. The fraction of sp³-hybridized carbons (Fsp3) is 0.400. The molecule has 1 amide bonds. The molecule has 0 fully saturated rings. The second-order valence-corrected chi connectivity index (χ2v) is 6.95. The van der Waals surface area contributed by atoms with Gasteiger partial charge in [0, 0.05) is 37.3 Å². The monoisotopic (exact) mass is 365 g/mol. The number of hydrogen-bond donors (Lipinski definition) is 2. The number of para-hydroxylation sites is 2. The number of aromatic nitrogens is 4. The number of fused-ring (bicyclic) bond motifs is 2. The average molecular weight is 365 g/mol. The van der Waals surface area contributed by atoms with Crippen molar-refractivity contribution in [3.8, 4) is 0 Å². The number of benzene rings is 1. The van der Waals surface area contributed by atoms with Crippen LogP contribution in [0.4, 0.5) is 0 Å². The highest BCUT2D eigenvalue weighted by atomic mass is 16.2. The zero-order valence-electron chi connectivity index (χ0n) is 15.4. The molecule has 0 atom stereocenters. The van der Waals surface area contributed by atoms with Crippen molar-refractivity contribution in [1.82, 2.24) is 24.8 Å². The van der Waals surface area contributed by atoms with E-state index in [0.717, 1.165) is 41.8 Å². The molecule has 0 saturated carbocycles. The zero-order valence-corrected chi connectivity index (χ0v) is 15.4. The van der Waals surface area contributed by atoms with Gasteiger partial charge in [0.05, 0.1) is 11.0 Å². The Morgan fingerprint density at radius 3 is 3.00 bits per heavy atom. The highest BCUT2D eigenvalue weighted by Crippen LogP contribution is 2.22. The Kier molecular flexibility index (Phi) is 4.75. The Hall–Kier alpha value is -2.96. The summed E-state index contributed by atoms with van der Waals surface area (Å²) in [4.78, 5) is 36.2. The van der Waals surface area contributed by atoms with Crippen LogP contribution >= 0.6 is 0 Å². The van der Waals surface area contributed by atoms with E-state index in [9.17, 15) is 9.59 Å². The van der Waals surface area contributed by atoms with Gasteiger partial charge in [0.15, 0.2) is 0 Å². The number of nitrogens with zero attached hydrogens (tertiary/aromatic N) is 3. The molecule has 1 aromatic carbocycles. The van der Waals surface area contributed by atoms with E-state index in [1.165, 1.54) is 11.3 Å². The number of carbonyl (C=O) groups excluding carboxylic acids is 1. The number of aryl methyl sites for hydroxylation is 3. The summed E-state index contributed by atoms with van der Waals surface area (Å²) in [6.45, 7) is 2.88. The molecule has 27 heavy (non-hydrogen) atoms. The van der Waals surface area contributed by atoms with Gasteiger partial charge in [-0.25, -0.2) is 14.8 Å². The molecule has 7 nitrogen and oxygen atoms in total. The molecule has 0 bridgehead atoms. The summed E-state index contributed by atoms with van der Waals surface area (Å²) in [6.07, 6.45) is 4.12. The third kappa shape index (κ3) is 3.63. The Morgan fingerprint density at radius 2 is 2.11 bits per heavy atom. The first-order chi connectivity index (χ1) is 13.1. The lowest BCUT2D eigenvalue weighted by Crippen LogP contribution is -2.28. The van der Waals surface area contributed by atoms with Gasteiger partial charge < -0.3 is 10.3 Å². The first-order valence-corrected chi connectivity index (χ1v) is 9.41. The van der Waals surface area contributed by atoms with Crippen LogP contribution in [-0.2, 0) is 30.6 Å². The Morgan fingerprint density at radius 1 is 1.26 bits per heavy atom. The number of H-pyrrole nitrogens is 1. The predicted octanol–water partition coefficient (Wildman–Crippen LogP) is 1.67. The summed E-state index contributed by atoms with van der Waals surface area (Å²) in [6, 6.07) is 7.48. The predicted molar refractivity (Wildman–Crippen MR) is 103 cm³/mol. The van der Waals surface area contributed by atoms with Crippen LogP contribution in [0.5, 0.6) is 0 Å². The standard InChI is InChI=1S/C20H23N5O2/c1-13-14-5-4-7-15(14)23-18(22-13)9-11-21-19(26)10-12-25-17-8-3-2-6-16(17)24-20(25)27/h2-3,6,8H,4-5,7,9-12H2,1H3,(H,21,26)(H,24,27). The molecule has 2 heterocycles. The van der Waals surface area contributed by atoms with E-state index in [1.54, 1.807) is 4.57 Å². The number of amides is 1. The van der Waals surface area contributed by atoms with Gasteiger partial charge in [-0.15, -0.1) is 0 Å². The second-order valence-electron chi connectivity index (χ2n) is 6.95. The van der Waals surface area contributed by atoms with Crippen LogP contribution in [0.3, 0.4) is 0 Å². The van der Waals surface area contributed by atoms with Crippen LogP contribution in [0, 0.1) is 6.92 Å². The Bertz CT molecular complexity index is 1050. The minimum absolute atomic E-state index is 0.0786. The molecule has 0 spiro atoms. The molecule has 2 aromatic heterocycles. The summed E-state index contributed by atoms with van der Waals surface area (Å²) in [5.41, 5.74) is 4.95. The highest BCUT2D eigenvalue weighted by Gasteiger charge is 2.17. The van der Waals surface area contributed by atoms with Gasteiger partial charge in [0.2, 0.25) is 5.91 Å². The topological polar surface area (TPSA) is 92.7 Å². The molecule has 0 saturated heterocycles. The molecule has 7 heteroatoms. The molecule has 0 radical (unpaired) electrons. The number of aromatic amines is 1. The maximum atomic E-state index is 12.2. The van der Waals surface area contributed by atoms with Gasteiger partial charge in [-0.3, -0.25) is 9.36 Å². The quantitative estimate of drug-likeness (QED) is 0.695. The largest absolute Gasteiger partial charge is 0.356 e. The van der Waals surface area contributed by atoms with Crippen LogP contribution in [0.2, 0.25) is 0 Å². The molecule has 140 valence electrons. The van der Waals surface area contributed by atoms with Gasteiger partial charge >= 0.3 is 5.69 Å². The van der Waals surface area contributed by atoms with Gasteiger partial charge in [0.25, 0.3) is 0 Å². The summed E-state index contributed by atoms with van der Waals surface area (Å²) in [5.74, 6) is 0.714. The van der Waals surface area contributed by atoms with Gasteiger partial charge in [-0.05, 0) is 43.9 Å². The van der Waals surface area contributed by atoms with Crippen molar-refractivity contribution < 1.29 is 4.79 Å². The number of rotatable bonds is 6. The van der Waals surface area contributed by atoms with E-state index < -0.39 is 0 Å². The first-order valence-electron chi connectivity index (χ1n) is 9.41. The van der Waals surface area contributed by atoms with E-state index in [1.807, 2.05) is 31.2 Å². The van der Waals surface area contributed by atoms with E-state index in [0.29, 0.717) is 19.5 Å². The van der Waals surface area contributed by atoms with Crippen molar-refractivity contribution in [3.63, 3.8) is 0 Å². The SMILES string of the molecule is Cc1nc(CCNC(=O)CCn2c(=O)[nH]c3ccccc32)nc2c1CCC2. The molecule has 0 aliphatic heterocycles. The van der Waals surface area contributed by atoms with E-state index in [2.05, 4.69) is 20.3 Å². The molecule has 0 unspecified atom stereocenters. The lowest BCUT2D eigenvalue weighted by molar-refractivity contribution is -0.121. The number of nitrogens with one attached hydrogen (secondary N) is 2. The lowest BCUT2D eigenvalue weighted by Gasteiger charge is -2.08. The fourth-order valence-electron chi connectivity index (χ4n) is 3.74. The Balaban J connectivity index is 1.31. The summed E-state index contributed by atoms with van der Waals surface area (Å²) >= 11 is 0. The van der Waals surface area contributed by atoms with Crippen molar-refractivity contribution in [2.75, 3.05) is 6.54 Å². The minimum Gasteiger partial charge on any atom is -0.356 e.